The van der Waals surface area contributed by atoms with E-state index in [1.165, 1.54) is 10.9 Å². The Labute approximate surface area is 146 Å². The Morgan fingerprint density at radius 2 is 1.60 bits per heavy atom. The minimum absolute atomic E-state index is 0.186. The minimum atomic E-state index is -0.186. The van der Waals surface area contributed by atoms with Crippen molar-refractivity contribution in [2.45, 2.75) is 19.3 Å². The largest absolute Gasteiger partial charge is 0.247 e. The fraction of sp³-hybridized carbons (Fsp3) is 0.136. The zero-order valence-corrected chi connectivity index (χ0v) is 14.2. The van der Waals surface area contributed by atoms with Crippen LogP contribution in [0.15, 0.2) is 66.9 Å². The number of hydrogen-bond donors (Lipinski definition) is 0. The standard InChI is InChI=1S/C22H17N3/c1-22(2)17-12-15-10-6-7-11-18(15)24-19(17)16-13-23-21(25-20(16)22)14-8-4-3-5-9-14/h3-13H,1-2H3. The van der Waals surface area contributed by atoms with Crippen molar-refractivity contribution in [3.63, 3.8) is 0 Å². The van der Waals surface area contributed by atoms with Crippen LogP contribution in [0.1, 0.15) is 25.1 Å². The van der Waals surface area contributed by atoms with E-state index in [1.807, 2.05) is 42.6 Å². The lowest BCUT2D eigenvalue weighted by atomic mass is 9.85. The lowest BCUT2D eigenvalue weighted by molar-refractivity contribution is 0.636. The van der Waals surface area contributed by atoms with Crippen molar-refractivity contribution < 1.29 is 0 Å². The molecule has 0 N–H and O–H groups in total. The monoisotopic (exact) mass is 323 g/mol. The van der Waals surface area contributed by atoms with Gasteiger partial charge in [-0.15, -0.1) is 0 Å². The number of pyridine rings is 1. The first-order valence-electron chi connectivity index (χ1n) is 8.48. The molecular formula is C22H17N3. The first-order chi connectivity index (χ1) is 12.1. The summed E-state index contributed by atoms with van der Waals surface area (Å²) in [4.78, 5) is 14.5. The molecule has 5 rings (SSSR count). The maximum Gasteiger partial charge on any atom is 0.159 e. The SMILES string of the molecule is CC1(C)c2cc3ccccc3nc2-c2cnc(-c3ccccc3)nc21. The number of nitrogens with zero attached hydrogens (tertiary/aromatic N) is 3. The minimum Gasteiger partial charge on any atom is -0.247 e. The number of aromatic nitrogens is 3. The van der Waals surface area contributed by atoms with Crippen molar-refractivity contribution in [1.82, 2.24) is 15.0 Å². The van der Waals surface area contributed by atoms with Crippen LogP contribution in [0.5, 0.6) is 0 Å². The van der Waals surface area contributed by atoms with E-state index < -0.39 is 0 Å². The second-order valence-corrected chi connectivity index (χ2v) is 7.02. The van der Waals surface area contributed by atoms with Crippen LogP contribution in [0, 0.1) is 0 Å². The van der Waals surface area contributed by atoms with Crippen LogP contribution in [-0.2, 0) is 5.41 Å². The summed E-state index contributed by atoms with van der Waals surface area (Å²) in [7, 11) is 0. The molecular weight excluding hydrogens is 306 g/mol. The summed E-state index contributed by atoms with van der Waals surface area (Å²) in [6, 6.07) is 20.6. The van der Waals surface area contributed by atoms with Gasteiger partial charge in [0, 0.05) is 28.1 Å². The maximum atomic E-state index is 4.93. The van der Waals surface area contributed by atoms with Gasteiger partial charge >= 0.3 is 0 Å². The molecule has 0 saturated carbocycles. The first-order valence-corrected chi connectivity index (χ1v) is 8.48. The third-order valence-electron chi connectivity index (χ3n) is 5.07. The van der Waals surface area contributed by atoms with Gasteiger partial charge in [-0.25, -0.2) is 15.0 Å². The fourth-order valence-corrected chi connectivity index (χ4v) is 3.68. The normalized spacial score (nSPS) is 14.3. The Morgan fingerprint density at radius 3 is 2.44 bits per heavy atom. The van der Waals surface area contributed by atoms with Crippen molar-refractivity contribution >= 4 is 10.9 Å². The third kappa shape index (κ3) is 2.02. The van der Waals surface area contributed by atoms with Crippen LogP contribution in [0.4, 0.5) is 0 Å². The van der Waals surface area contributed by atoms with Gasteiger partial charge in [0.25, 0.3) is 0 Å². The van der Waals surface area contributed by atoms with E-state index in [-0.39, 0.29) is 5.41 Å². The van der Waals surface area contributed by atoms with E-state index in [9.17, 15) is 0 Å². The van der Waals surface area contributed by atoms with Crippen LogP contribution < -0.4 is 0 Å². The quantitative estimate of drug-likeness (QED) is 0.495. The zero-order chi connectivity index (χ0) is 17.0. The summed E-state index contributed by atoms with van der Waals surface area (Å²) in [5.74, 6) is 0.768. The molecule has 25 heavy (non-hydrogen) atoms. The topological polar surface area (TPSA) is 38.7 Å². The number of para-hydroxylation sites is 1. The molecule has 1 aliphatic carbocycles. The van der Waals surface area contributed by atoms with E-state index in [0.29, 0.717) is 0 Å². The highest BCUT2D eigenvalue weighted by atomic mass is 14.9. The summed E-state index contributed by atoms with van der Waals surface area (Å²) in [6.45, 7) is 4.44. The van der Waals surface area contributed by atoms with Gasteiger partial charge in [-0.3, -0.25) is 0 Å². The van der Waals surface area contributed by atoms with E-state index in [1.54, 1.807) is 0 Å². The molecule has 2 aromatic heterocycles. The Balaban J connectivity index is 1.76. The van der Waals surface area contributed by atoms with E-state index in [4.69, 9.17) is 9.97 Å². The van der Waals surface area contributed by atoms with Gasteiger partial charge in [-0.1, -0.05) is 62.4 Å². The van der Waals surface area contributed by atoms with E-state index in [0.717, 1.165) is 33.9 Å². The average molecular weight is 323 g/mol. The molecule has 3 nitrogen and oxygen atoms in total. The molecule has 0 bridgehead atoms. The van der Waals surface area contributed by atoms with Gasteiger partial charge < -0.3 is 0 Å². The second kappa shape index (κ2) is 4.96. The molecule has 1 aliphatic rings. The number of rotatable bonds is 1. The summed E-state index contributed by atoms with van der Waals surface area (Å²) in [5.41, 5.74) is 6.20. The van der Waals surface area contributed by atoms with Crippen LogP contribution >= 0.6 is 0 Å². The number of fused-ring (bicyclic) bond motifs is 4. The summed E-state index contributed by atoms with van der Waals surface area (Å²) in [5, 5.41) is 1.17. The molecule has 0 saturated heterocycles. The summed E-state index contributed by atoms with van der Waals surface area (Å²) in [6.07, 6.45) is 1.93. The smallest absolute Gasteiger partial charge is 0.159 e. The molecule has 0 atom stereocenters. The lowest BCUT2D eigenvalue weighted by Gasteiger charge is -2.20. The van der Waals surface area contributed by atoms with E-state index in [2.05, 4.69) is 43.1 Å². The van der Waals surface area contributed by atoms with Crippen molar-refractivity contribution in [2.75, 3.05) is 0 Å². The highest BCUT2D eigenvalue weighted by Gasteiger charge is 2.39. The fourth-order valence-electron chi connectivity index (χ4n) is 3.68. The maximum absolute atomic E-state index is 4.93. The summed E-state index contributed by atoms with van der Waals surface area (Å²) < 4.78 is 0. The molecule has 0 unspecified atom stereocenters. The van der Waals surface area contributed by atoms with Gasteiger partial charge in [0.2, 0.25) is 0 Å². The van der Waals surface area contributed by atoms with Crippen LogP contribution in [0.2, 0.25) is 0 Å². The average Bonchev–Trinajstić information content (AvgIpc) is 2.88. The van der Waals surface area contributed by atoms with E-state index >= 15 is 0 Å². The van der Waals surface area contributed by atoms with Gasteiger partial charge in [-0.05, 0) is 17.7 Å². The number of hydrogen-bond acceptors (Lipinski definition) is 3. The van der Waals surface area contributed by atoms with Gasteiger partial charge in [0.15, 0.2) is 5.82 Å². The van der Waals surface area contributed by atoms with Crippen molar-refractivity contribution in [2.24, 2.45) is 0 Å². The third-order valence-corrected chi connectivity index (χ3v) is 5.07. The highest BCUT2D eigenvalue weighted by molar-refractivity contribution is 5.87. The molecule has 120 valence electrons. The molecule has 0 fully saturated rings. The Kier molecular flexibility index (Phi) is 2.84. The molecule has 4 aromatic rings. The van der Waals surface area contributed by atoms with Gasteiger partial charge in [0.1, 0.15) is 0 Å². The summed E-state index contributed by atoms with van der Waals surface area (Å²) >= 11 is 0. The molecule has 0 aliphatic heterocycles. The van der Waals surface area contributed by atoms with Crippen LogP contribution in [0.3, 0.4) is 0 Å². The van der Waals surface area contributed by atoms with Gasteiger partial charge in [-0.2, -0.15) is 0 Å². The Bertz CT molecular complexity index is 1110. The predicted molar refractivity (Wildman–Crippen MR) is 100 cm³/mol. The van der Waals surface area contributed by atoms with Crippen molar-refractivity contribution in [1.29, 1.82) is 0 Å². The van der Waals surface area contributed by atoms with Crippen LogP contribution in [0.25, 0.3) is 33.5 Å². The van der Waals surface area contributed by atoms with Crippen LogP contribution in [-0.4, -0.2) is 15.0 Å². The molecule has 0 radical (unpaired) electrons. The molecule has 0 spiro atoms. The van der Waals surface area contributed by atoms with Crippen molar-refractivity contribution in [3.05, 3.63) is 78.1 Å². The molecule has 3 heteroatoms. The molecule has 2 heterocycles. The van der Waals surface area contributed by atoms with Gasteiger partial charge in [0.05, 0.1) is 16.9 Å². The Morgan fingerprint density at radius 1 is 0.840 bits per heavy atom. The number of benzene rings is 2. The lowest BCUT2D eigenvalue weighted by Crippen LogP contribution is -2.17. The van der Waals surface area contributed by atoms with Crippen molar-refractivity contribution in [3.8, 4) is 22.6 Å². The molecule has 2 aromatic carbocycles. The Hall–Kier alpha value is -3.07. The zero-order valence-electron chi connectivity index (χ0n) is 14.2. The highest BCUT2D eigenvalue weighted by Crippen LogP contribution is 2.47. The second-order valence-electron chi connectivity index (χ2n) is 7.02. The first kappa shape index (κ1) is 14.3. The predicted octanol–water partition coefficient (Wildman–Crippen LogP) is 5.00. The molecule has 0 amide bonds.